The first-order valence-electron chi connectivity index (χ1n) is 16.1. The lowest BCUT2D eigenvalue weighted by Gasteiger charge is -2.24. The molecule has 214 valence electrons. The van der Waals surface area contributed by atoms with Crippen molar-refractivity contribution >= 4 is 54.5 Å². The summed E-state index contributed by atoms with van der Waals surface area (Å²) >= 11 is 0. The summed E-state index contributed by atoms with van der Waals surface area (Å²) in [6.45, 7) is 9.57. The molecule has 45 heavy (non-hydrogen) atoms. The normalized spacial score (nSPS) is 15.5. The minimum Gasteiger partial charge on any atom is -0.355 e. The third-order valence-corrected chi connectivity index (χ3v) is 11.1. The van der Waals surface area contributed by atoms with Crippen molar-refractivity contribution in [1.82, 2.24) is 0 Å². The Morgan fingerprint density at radius 1 is 0.400 bits per heavy atom. The second-order valence-corrected chi connectivity index (χ2v) is 14.3. The van der Waals surface area contributed by atoms with Crippen LogP contribution in [0.5, 0.6) is 0 Å². The zero-order valence-corrected chi connectivity index (χ0v) is 26.0. The molecule has 8 aromatic carbocycles. The summed E-state index contributed by atoms with van der Waals surface area (Å²) in [6, 6.07) is 45.8. The van der Waals surface area contributed by atoms with Gasteiger partial charge in [0.2, 0.25) is 0 Å². The Morgan fingerprint density at radius 3 is 1.76 bits per heavy atom. The Morgan fingerprint density at radius 2 is 0.978 bits per heavy atom. The van der Waals surface area contributed by atoms with E-state index >= 15 is 0 Å². The van der Waals surface area contributed by atoms with E-state index in [0.717, 1.165) is 11.4 Å². The van der Waals surface area contributed by atoms with Crippen molar-refractivity contribution in [3.8, 4) is 22.3 Å². The zero-order chi connectivity index (χ0) is 30.2. The maximum absolute atomic E-state index is 3.79. The minimum absolute atomic E-state index is 0.0466. The number of rotatable bonds is 2. The SMILES string of the molecule is CC1(C)c2cc(Nc3cc4ccc5cccc6ccc(c3)c4c56)ccc2-c2cc3c(cc21)-c1c(ccc2ccccc12)C3(C)C. The summed E-state index contributed by atoms with van der Waals surface area (Å²) in [5, 5.41) is 14.3. The Balaban J connectivity index is 1.09. The predicted molar refractivity (Wildman–Crippen MR) is 193 cm³/mol. The molecule has 1 heteroatoms. The maximum Gasteiger partial charge on any atom is 0.0396 e. The molecule has 0 bridgehead atoms. The smallest absolute Gasteiger partial charge is 0.0396 e. The van der Waals surface area contributed by atoms with Crippen LogP contribution in [0, 0.1) is 0 Å². The van der Waals surface area contributed by atoms with Crippen LogP contribution in [0.3, 0.4) is 0 Å². The van der Waals surface area contributed by atoms with Gasteiger partial charge in [0.05, 0.1) is 0 Å². The van der Waals surface area contributed by atoms with Gasteiger partial charge >= 0.3 is 0 Å². The highest BCUT2D eigenvalue weighted by atomic mass is 14.9. The zero-order valence-electron chi connectivity index (χ0n) is 26.0. The molecule has 0 spiro atoms. The Hall–Kier alpha value is -5.14. The predicted octanol–water partition coefficient (Wildman–Crippen LogP) is 12.1. The number of benzene rings is 8. The summed E-state index contributed by atoms with van der Waals surface area (Å²) in [7, 11) is 0. The van der Waals surface area contributed by atoms with Crippen LogP contribution in [-0.4, -0.2) is 0 Å². The Kier molecular flexibility index (Phi) is 4.66. The lowest BCUT2D eigenvalue weighted by molar-refractivity contribution is 0.652. The van der Waals surface area contributed by atoms with Gasteiger partial charge in [-0.1, -0.05) is 113 Å². The maximum atomic E-state index is 3.79. The third-order valence-electron chi connectivity index (χ3n) is 11.1. The summed E-state index contributed by atoms with van der Waals surface area (Å²) in [4.78, 5) is 0. The number of hydrogen-bond donors (Lipinski definition) is 1. The quantitative estimate of drug-likeness (QED) is 0.202. The van der Waals surface area contributed by atoms with E-state index < -0.39 is 0 Å². The van der Waals surface area contributed by atoms with E-state index in [0.29, 0.717) is 0 Å². The van der Waals surface area contributed by atoms with Crippen LogP contribution in [0.1, 0.15) is 49.9 Å². The molecule has 1 nitrogen and oxygen atoms in total. The van der Waals surface area contributed by atoms with E-state index in [-0.39, 0.29) is 10.8 Å². The van der Waals surface area contributed by atoms with E-state index in [1.54, 1.807) is 0 Å². The van der Waals surface area contributed by atoms with Crippen molar-refractivity contribution in [2.45, 2.75) is 38.5 Å². The van der Waals surface area contributed by atoms with Crippen LogP contribution < -0.4 is 5.32 Å². The van der Waals surface area contributed by atoms with Crippen LogP contribution >= 0.6 is 0 Å². The third kappa shape index (κ3) is 3.23. The van der Waals surface area contributed by atoms with Crippen molar-refractivity contribution in [2.75, 3.05) is 5.32 Å². The van der Waals surface area contributed by atoms with Crippen molar-refractivity contribution < 1.29 is 0 Å². The Bertz CT molecular complexity index is 2500. The van der Waals surface area contributed by atoms with Crippen LogP contribution in [0.15, 0.2) is 121 Å². The van der Waals surface area contributed by atoms with Gasteiger partial charge in [-0.25, -0.2) is 0 Å². The molecule has 0 heterocycles. The number of hydrogen-bond acceptors (Lipinski definition) is 1. The van der Waals surface area contributed by atoms with Crippen molar-refractivity contribution in [3.63, 3.8) is 0 Å². The van der Waals surface area contributed by atoms with Gasteiger partial charge in [-0.15, -0.1) is 0 Å². The van der Waals surface area contributed by atoms with Crippen LogP contribution in [0.2, 0.25) is 0 Å². The van der Waals surface area contributed by atoms with Gasteiger partial charge < -0.3 is 5.32 Å². The molecular formula is C44H33N. The van der Waals surface area contributed by atoms with E-state index in [4.69, 9.17) is 0 Å². The fraction of sp³-hybridized carbons (Fsp3) is 0.136. The molecule has 0 aliphatic heterocycles. The Labute approximate surface area is 263 Å². The van der Waals surface area contributed by atoms with Crippen LogP contribution in [0.4, 0.5) is 11.4 Å². The monoisotopic (exact) mass is 575 g/mol. The van der Waals surface area contributed by atoms with Gasteiger partial charge in [0.25, 0.3) is 0 Å². The topological polar surface area (TPSA) is 12.0 Å². The second kappa shape index (κ2) is 8.31. The lowest BCUT2D eigenvalue weighted by Crippen LogP contribution is -2.17. The van der Waals surface area contributed by atoms with E-state index in [9.17, 15) is 0 Å². The molecule has 2 aliphatic carbocycles. The second-order valence-electron chi connectivity index (χ2n) is 14.3. The summed E-state index contributed by atoms with van der Waals surface area (Å²) < 4.78 is 0. The average Bonchev–Trinajstić information content (AvgIpc) is 3.41. The molecule has 0 unspecified atom stereocenters. The molecule has 1 N–H and O–H groups in total. The van der Waals surface area contributed by atoms with Gasteiger partial charge in [-0.2, -0.15) is 0 Å². The van der Waals surface area contributed by atoms with Crippen LogP contribution in [-0.2, 0) is 10.8 Å². The standard InChI is InChI=1S/C44H33N/c1-43(2)36-19-16-25-8-5-6-11-32(25)42(36)35-24-38-34(23-39(35)43)33-18-17-30(22-37(33)44(38,3)4)45-31-20-28-14-12-26-9-7-10-27-13-15-29(21-31)41(28)40(26)27/h5-24,45H,1-4H3. The first-order chi connectivity index (χ1) is 21.8. The minimum atomic E-state index is -0.109. The highest BCUT2D eigenvalue weighted by molar-refractivity contribution is 6.23. The molecule has 0 aromatic heterocycles. The van der Waals surface area contributed by atoms with E-state index in [2.05, 4.69) is 154 Å². The van der Waals surface area contributed by atoms with Crippen molar-refractivity contribution in [2.24, 2.45) is 0 Å². The molecule has 10 rings (SSSR count). The highest BCUT2D eigenvalue weighted by Gasteiger charge is 2.42. The summed E-state index contributed by atoms with van der Waals surface area (Å²) in [5.74, 6) is 0. The number of anilines is 2. The van der Waals surface area contributed by atoms with Crippen molar-refractivity contribution in [3.05, 3.63) is 144 Å². The van der Waals surface area contributed by atoms with Crippen molar-refractivity contribution in [1.29, 1.82) is 0 Å². The molecule has 0 saturated carbocycles. The molecule has 0 saturated heterocycles. The number of nitrogens with one attached hydrogen (secondary N) is 1. The lowest BCUT2D eigenvalue weighted by atomic mass is 9.79. The van der Waals surface area contributed by atoms with Gasteiger partial charge in [0, 0.05) is 22.2 Å². The van der Waals surface area contributed by atoms with Gasteiger partial charge in [-0.3, -0.25) is 0 Å². The fourth-order valence-electron chi connectivity index (χ4n) is 8.80. The molecule has 0 radical (unpaired) electrons. The van der Waals surface area contributed by atoms with Gasteiger partial charge in [0.15, 0.2) is 0 Å². The molecular weight excluding hydrogens is 542 g/mol. The van der Waals surface area contributed by atoms with Gasteiger partial charge in [-0.05, 0) is 124 Å². The molecule has 0 fully saturated rings. The molecule has 8 aromatic rings. The van der Waals surface area contributed by atoms with Gasteiger partial charge in [0.1, 0.15) is 0 Å². The number of fused-ring (bicyclic) bond motifs is 8. The largest absolute Gasteiger partial charge is 0.355 e. The molecule has 0 atom stereocenters. The highest BCUT2D eigenvalue weighted by Crippen LogP contribution is 2.57. The van der Waals surface area contributed by atoms with E-state index in [1.807, 2.05) is 0 Å². The molecule has 0 amide bonds. The van der Waals surface area contributed by atoms with E-state index in [1.165, 1.54) is 87.6 Å². The summed E-state index contributed by atoms with van der Waals surface area (Å²) in [5.41, 5.74) is 13.3. The summed E-state index contributed by atoms with van der Waals surface area (Å²) in [6.07, 6.45) is 0. The van der Waals surface area contributed by atoms with Crippen LogP contribution in [0.25, 0.3) is 65.3 Å². The fourth-order valence-corrected chi connectivity index (χ4v) is 8.80. The molecule has 2 aliphatic rings. The first-order valence-corrected chi connectivity index (χ1v) is 16.1. The average molecular weight is 576 g/mol. The first kappa shape index (κ1) is 25.2.